The fourth-order valence-electron chi connectivity index (χ4n) is 0.547. The quantitative estimate of drug-likeness (QED) is 0.501. The van der Waals surface area contributed by atoms with E-state index in [1.165, 1.54) is 0 Å². The van der Waals surface area contributed by atoms with Gasteiger partial charge in [-0.15, -0.1) is 0 Å². The molecule has 2 nitrogen and oxygen atoms in total. The van der Waals surface area contributed by atoms with E-state index >= 15 is 0 Å². The van der Waals surface area contributed by atoms with Crippen LogP contribution in [0.15, 0.2) is 16.8 Å². The van der Waals surface area contributed by atoms with Gasteiger partial charge in [-0.2, -0.15) is 0 Å². The summed E-state index contributed by atoms with van der Waals surface area (Å²) in [6, 6.07) is 0. The third-order valence-corrected chi connectivity index (χ3v) is 0.925. The minimum absolute atomic E-state index is 0.580. The Labute approximate surface area is 42.7 Å². The maximum Gasteiger partial charge on any atom is 0.0499 e. The Morgan fingerprint density at radius 3 is 3.00 bits per heavy atom. The molecule has 38 valence electrons. The first-order valence-electron chi connectivity index (χ1n) is 2.35. The van der Waals surface area contributed by atoms with Crippen LogP contribution in [0, 0.1) is 0 Å². The second kappa shape index (κ2) is 1.89. The molecule has 1 heterocycles. The maximum absolute atomic E-state index is 5.25. The highest BCUT2D eigenvalue weighted by Crippen LogP contribution is 2.00. The van der Waals surface area contributed by atoms with Crippen molar-refractivity contribution in [2.45, 2.75) is 6.42 Å². The zero-order valence-electron chi connectivity index (χ0n) is 4.09. The Bertz CT molecular complexity index is 113. The first-order chi connectivity index (χ1) is 3.43. The Balaban J connectivity index is 2.52. The van der Waals surface area contributed by atoms with Crippen LogP contribution >= 0.6 is 0 Å². The van der Waals surface area contributed by atoms with Crippen LogP contribution in [0.2, 0.25) is 0 Å². The highest BCUT2D eigenvalue weighted by molar-refractivity contribution is 5.64. The van der Waals surface area contributed by atoms with Crippen LogP contribution in [0.4, 0.5) is 0 Å². The number of allylic oxidation sites excluding steroid dienone is 1. The second-order valence-electron chi connectivity index (χ2n) is 1.45. The van der Waals surface area contributed by atoms with Crippen LogP contribution in [0.3, 0.4) is 0 Å². The van der Waals surface area contributed by atoms with Gasteiger partial charge in [-0.05, 0) is 0 Å². The molecule has 0 bridgehead atoms. The van der Waals surface area contributed by atoms with Gasteiger partial charge in [0.15, 0.2) is 0 Å². The fraction of sp³-hybridized carbons (Fsp3) is 0.400. The third-order valence-electron chi connectivity index (χ3n) is 0.925. The monoisotopic (exact) mass is 96.1 g/mol. The van der Waals surface area contributed by atoms with Crippen molar-refractivity contribution in [2.24, 2.45) is 10.7 Å². The molecule has 7 heavy (non-hydrogen) atoms. The number of hydrogen-bond acceptors (Lipinski definition) is 2. The largest absolute Gasteiger partial charge is 0.325 e. The topological polar surface area (TPSA) is 38.4 Å². The van der Waals surface area contributed by atoms with Crippen molar-refractivity contribution in [3.05, 3.63) is 11.8 Å². The van der Waals surface area contributed by atoms with Gasteiger partial charge in [0.2, 0.25) is 0 Å². The lowest BCUT2D eigenvalue weighted by atomic mass is 10.4. The summed E-state index contributed by atoms with van der Waals surface area (Å²) in [5.41, 5.74) is 6.27. The van der Waals surface area contributed by atoms with Gasteiger partial charge in [0.05, 0.1) is 0 Å². The molecule has 1 aliphatic heterocycles. The smallest absolute Gasteiger partial charge is 0.0499 e. The minimum Gasteiger partial charge on any atom is -0.325 e. The molecule has 2 N–H and O–H groups in total. The average Bonchev–Trinajstić information content (AvgIpc) is 2.14. The van der Waals surface area contributed by atoms with E-state index in [1.54, 1.807) is 0 Å². The number of aliphatic imine (C=N–C) groups is 1. The number of rotatable bonds is 1. The molecular weight excluding hydrogens is 88.1 g/mol. The molecule has 1 rings (SSSR count). The average molecular weight is 96.1 g/mol. The highest BCUT2D eigenvalue weighted by Gasteiger charge is 1.91. The van der Waals surface area contributed by atoms with E-state index in [-0.39, 0.29) is 0 Å². The highest BCUT2D eigenvalue weighted by atomic mass is 14.8. The van der Waals surface area contributed by atoms with Gasteiger partial charge in [0.25, 0.3) is 0 Å². The van der Waals surface area contributed by atoms with Gasteiger partial charge < -0.3 is 5.73 Å². The summed E-state index contributed by atoms with van der Waals surface area (Å²) >= 11 is 0. The number of nitrogens with two attached hydrogens (primary N) is 1. The SMILES string of the molecule is NCC1=CCC=N1. The Kier molecular flexibility index (Phi) is 1.22. The van der Waals surface area contributed by atoms with Crippen LogP contribution in [-0.4, -0.2) is 12.8 Å². The molecule has 0 atom stereocenters. The molecular formula is C5H8N2. The summed E-state index contributed by atoms with van der Waals surface area (Å²) in [6.45, 7) is 0.580. The summed E-state index contributed by atoms with van der Waals surface area (Å²) < 4.78 is 0. The Morgan fingerprint density at radius 1 is 1.86 bits per heavy atom. The lowest BCUT2D eigenvalue weighted by Crippen LogP contribution is -1.98. The van der Waals surface area contributed by atoms with E-state index < -0.39 is 0 Å². The van der Waals surface area contributed by atoms with E-state index in [4.69, 9.17) is 5.73 Å². The van der Waals surface area contributed by atoms with Crippen LogP contribution in [0.5, 0.6) is 0 Å². The molecule has 0 amide bonds. The fourth-order valence-corrected chi connectivity index (χ4v) is 0.547. The predicted octanol–water partition coefficient (Wildman–Crippen LogP) is 0.303. The molecule has 0 radical (unpaired) electrons. The molecule has 0 unspecified atom stereocenters. The van der Waals surface area contributed by atoms with E-state index in [1.807, 2.05) is 12.3 Å². The lowest BCUT2D eigenvalue weighted by molar-refractivity contribution is 1.12. The van der Waals surface area contributed by atoms with Crippen LogP contribution in [0.1, 0.15) is 6.42 Å². The second-order valence-corrected chi connectivity index (χ2v) is 1.45. The molecule has 1 aliphatic rings. The first-order valence-corrected chi connectivity index (χ1v) is 2.35. The van der Waals surface area contributed by atoms with Crippen LogP contribution < -0.4 is 5.73 Å². The van der Waals surface area contributed by atoms with Gasteiger partial charge in [-0.3, -0.25) is 4.99 Å². The van der Waals surface area contributed by atoms with Crippen LogP contribution in [0.25, 0.3) is 0 Å². The minimum atomic E-state index is 0.580. The zero-order valence-corrected chi connectivity index (χ0v) is 4.09. The molecule has 0 saturated carbocycles. The summed E-state index contributed by atoms with van der Waals surface area (Å²) in [7, 11) is 0. The predicted molar refractivity (Wildman–Crippen MR) is 30.2 cm³/mol. The third kappa shape index (κ3) is 0.871. The van der Waals surface area contributed by atoms with Crippen LogP contribution in [-0.2, 0) is 0 Å². The lowest BCUT2D eigenvalue weighted by Gasteiger charge is -1.84. The number of nitrogens with zero attached hydrogens (tertiary/aromatic N) is 1. The summed E-state index contributed by atoms with van der Waals surface area (Å²) in [4.78, 5) is 3.97. The molecule has 0 saturated heterocycles. The normalized spacial score (nSPS) is 17.6. The van der Waals surface area contributed by atoms with Crippen molar-refractivity contribution >= 4 is 6.21 Å². The van der Waals surface area contributed by atoms with Gasteiger partial charge >= 0.3 is 0 Å². The maximum atomic E-state index is 5.25. The van der Waals surface area contributed by atoms with E-state index in [0.717, 1.165) is 12.1 Å². The van der Waals surface area contributed by atoms with Crippen molar-refractivity contribution in [2.75, 3.05) is 6.54 Å². The van der Waals surface area contributed by atoms with Gasteiger partial charge in [0.1, 0.15) is 0 Å². The van der Waals surface area contributed by atoms with E-state index in [2.05, 4.69) is 4.99 Å². The summed E-state index contributed by atoms with van der Waals surface area (Å²) in [5, 5.41) is 0. The molecule has 0 spiro atoms. The molecule has 0 aromatic rings. The van der Waals surface area contributed by atoms with E-state index in [0.29, 0.717) is 6.54 Å². The molecule has 0 aromatic heterocycles. The molecule has 0 aliphatic carbocycles. The Morgan fingerprint density at radius 2 is 2.71 bits per heavy atom. The van der Waals surface area contributed by atoms with Gasteiger partial charge in [0, 0.05) is 24.9 Å². The number of hydrogen-bond donors (Lipinski definition) is 1. The van der Waals surface area contributed by atoms with Crippen molar-refractivity contribution in [1.29, 1.82) is 0 Å². The van der Waals surface area contributed by atoms with Crippen molar-refractivity contribution in [3.63, 3.8) is 0 Å². The Hall–Kier alpha value is -0.630. The van der Waals surface area contributed by atoms with E-state index in [9.17, 15) is 0 Å². The standard InChI is InChI=1S/C5H8N2/c6-4-5-2-1-3-7-5/h2-3H,1,4,6H2. The summed E-state index contributed by atoms with van der Waals surface area (Å²) in [5.74, 6) is 0. The first kappa shape index (κ1) is 4.53. The van der Waals surface area contributed by atoms with Crippen molar-refractivity contribution in [3.8, 4) is 0 Å². The molecule has 0 aromatic carbocycles. The van der Waals surface area contributed by atoms with Gasteiger partial charge in [-0.1, -0.05) is 6.08 Å². The zero-order chi connectivity index (χ0) is 5.11. The molecule has 0 fully saturated rings. The van der Waals surface area contributed by atoms with Crippen molar-refractivity contribution < 1.29 is 0 Å². The van der Waals surface area contributed by atoms with Gasteiger partial charge in [-0.25, -0.2) is 0 Å². The molecule has 2 heteroatoms. The van der Waals surface area contributed by atoms with Crippen molar-refractivity contribution in [1.82, 2.24) is 0 Å². The summed E-state index contributed by atoms with van der Waals surface area (Å²) in [6.07, 6.45) is 4.86.